The van der Waals surface area contributed by atoms with E-state index in [1.807, 2.05) is 0 Å². The fraction of sp³-hybridized carbons (Fsp3) is 0.286. The Morgan fingerprint density at radius 1 is 1.38 bits per heavy atom. The lowest BCUT2D eigenvalue weighted by Gasteiger charge is -2.14. The zero-order valence-electron chi connectivity index (χ0n) is 11.2. The maximum absolute atomic E-state index is 12.8. The van der Waals surface area contributed by atoms with Crippen LogP contribution >= 0.6 is 0 Å². The van der Waals surface area contributed by atoms with E-state index in [9.17, 15) is 18.0 Å². The summed E-state index contributed by atoms with van der Waals surface area (Å²) in [7, 11) is 0. The first-order valence-corrected chi connectivity index (χ1v) is 6.31. The molecule has 1 heterocycles. The fourth-order valence-electron chi connectivity index (χ4n) is 2.00. The first-order valence-electron chi connectivity index (χ1n) is 6.31. The van der Waals surface area contributed by atoms with E-state index in [1.165, 1.54) is 24.4 Å². The lowest BCUT2D eigenvalue weighted by molar-refractivity contribution is -0.138. The molecule has 2 aromatic rings. The number of nitrogens with one attached hydrogen (secondary N) is 2. The molecule has 0 saturated heterocycles. The standard InChI is InChI=1S/C14H14F3N3O/c1-9(13-18-6-7-19-13)20-12(21)8-10-4-2-3-5-11(10)14(15,16)17/h2-7,9H,8H2,1H3,(H,18,19)(H,20,21)/t9-/m1/s1. The van der Waals surface area contributed by atoms with Gasteiger partial charge in [-0.3, -0.25) is 4.79 Å². The molecule has 0 unspecified atom stereocenters. The highest BCUT2D eigenvalue weighted by Crippen LogP contribution is 2.32. The first-order chi connectivity index (χ1) is 9.88. The minimum atomic E-state index is -4.47. The smallest absolute Gasteiger partial charge is 0.347 e. The quantitative estimate of drug-likeness (QED) is 0.911. The third-order valence-corrected chi connectivity index (χ3v) is 2.98. The van der Waals surface area contributed by atoms with Crippen molar-refractivity contribution >= 4 is 5.91 Å². The third-order valence-electron chi connectivity index (χ3n) is 2.98. The van der Waals surface area contributed by atoms with Crippen molar-refractivity contribution in [3.63, 3.8) is 0 Å². The number of halogens is 3. The van der Waals surface area contributed by atoms with Gasteiger partial charge in [0.1, 0.15) is 5.82 Å². The van der Waals surface area contributed by atoms with Crippen LogP contribution in [-0.4, -0.2) is 15.9 Å². The van der Waals surface area contributed by atoms with E-state index in [-0.39, 0.29) is 12.0 Å². The van der Waals surface area contributed by atoms with Gasteiger partial charge in [0.15, 0.2) is 0 Å². The summed E-state index contributed by atoms with van der Waals surface area (Å²) < 4.78 is 38.5. The molecule has 0 aliphatic heterocycles. The molecule has 1 amide bonds. The number of hydrogen-bond donors (Lipinski definition) is 2. The van der Waals surface area contributed by atoms with Crippen LogP contribution in [0.15, 0.2) is 36.7 Å². The summed E-state index contributed by atoms with van der Waals surface area (Å²) in [6, 6.07) is 4.66. The Labute approximate surface area is 119 Å². The molecular formula is C14H14F3N3O. The van der Waals surface area contributed by atoms with Gasteiger partial charge in [-0.1, -0.05) is 18.2 Å². The van der Waals surface area contributed by atoms with Gasteiger partial charge in [0.25, 0.3) is 0 Å². The summed E-state index contributed by atoms with van der Waals surface area (Å²) in [5.74, 6) is 0.0584. The van der Waals surface area contributed by atoms with Gasteiger partial charge >= 0.3 is 6.18 Å². The maximum atomic E-state index is 12.8. The summed E-state index contributed by atoms with van der Waals surface area (Å²) in [5, 5.41) is 2.61. The number of carbonyl (C=O) groups excluding carboxylic acids is 1. The lowest BCUT2D eigenvalue weighted by atomic mass is 10.0. The Morgan fingerprint density at radius 2 is 2.10 bits per heavy atom. The second-order valence-corrected chi connectivity index (χ2v) is 4.60. The van der Waals surface area contributed by atoms with Gasteiger partial charge < -0.3 is 10.3 Å². The fourth-order valence-corrected chi connectivity index (χ4v) is 2.00. The van der Waals surface area contributed by atoms with Crippen LogP contribution in [0.5, 0.6) is 0 Å². The number of H-pyrrole nitrogens is 1. The number of hydrogen-bond acceptors (Lipinski definition) is 2. The van der Waals surface area contributed by atoms with Crippen LogP contribution in [0.3, 0.4) is 0 Å². The molecule has 1 aromatic heterocycles. The van der Waals surface area contributed by atoms with Crippen molar-refractivity contribution in [1.29, 1.82) is 0 Å². The predicted octanol–water partition coefficient (Wildman–Crippen LogP) is 2.85. The van der Waals surface area contributed by atoms with Crippen molar-refractivity contribution in [3.05, 3.63) is 53.6 Å². The molecule has 0 spiro atoms. The molecule has 0 aliphatic rings. The van der Waals surface area contributed by atoms with E-state index in [0.29, 0.717) is 5.82 Å². The van der Waals surface area contributed by atoms with Gasteiger partial charge in [-0.2, -0.15) is 13.2 Å². The second-order valence-electron chi connectivity index (χ2n) is 4.60. The molecule has 1 aromatic carbocycles. The molecule has 1 atom stereocenters. The third kappa shape index (κ3) is 3.84. The number of aromatic amines is 1. The molecule has 2 rings (SSSR count). The van der Waals surface area contributed by atoms with E-state index < -0.39 is 23.7 Å². The highest BCUT2D eigenvalue weighted by atomic mass is 19.4. The normalized spacial score (nSPS) is 13.0. The van der Waals surface area contributed by atoms with Crippen LogP contribution in [0.1, 0.15) is 29.9 Å². The van der Waals surface area contributed by atoms with E-state index >= 15 is 0 Å². The SMILES string of the molecule is C[C@@H](NC(=O)Cc1ccccc1C(F)(F)F)c1ncc[nH]1. The van der Waals surface area contributed by atoms with Crippen LogP contribution in [-0.2, 0) is 17.4 Å². The van der Waals surface area contributed by atoms with Gasteiger partial charge in [0.2, 0.25) is 5.91 Å². The Hall–Kier alpha value is -2.31. The van der Waals surface area contributed by atoms with Crippen molar-refractivity contribution in [2.24, 2.45) is 0 Å². The molecule has 0 fully saturated rings. The number of carbonyl (C=O) groups is 1. The Bertz CT molecular complexity index is 608. The van der Waals surface area contributed by atoms with E-state index in [4.69, 9.17) is 0 Å². The molecule has 0 saturated carbocycles. The van der Waals surface area contributed by atoms with Crippen LogP contribution in [0.25, 0.3) is 0 Å². The van der Waals surface area contributed by atoms with Crippen molar-refractivity contribution in [1.82, 2.24) is 15.3 Å². The van der Waals surface area contributed by atoms with Gasteiger partial charge in [0.05, 0.1) is 18.0 Å². The number of benzene rings is 1. The highest BCUT2D eigenvalue weighted by Gasteiger charge is 2.33. The van der Waals surface area contributed by atoms with Crippen LogP contribution in [0.2, 0.25) is 0 Å². The summed E-state index contributed by atoms with van der Waals surface area (Å²) in [6.45, 7) is 1.70. The number of aromatic nitrogens is 2. The van der Waals surface area contributed by atoms with Crippen molar-refractivity contribution in [3.8, 4) is 0 Å². The molecule has 21 heavy (non-hydrogen) atoms. The number of rotatable bonds is 4. The molecule has 0 radical (unpaired) electrons. The summed E-state index contributed by atoms with van der Waals surface area (Å²) >= 11 is 0. The summed E-state index contributed by atoms with van der Waals surface area (Å²) in [6.07, 6.45) is -1.65. The number of nitrogens with zero attached hydrogens (tertiary/aromatic N) is 1. The minimum Gasteiger partial charge on any atom is -0.347 e. The van der Waals surface area contributed by atoms with Gasteiger partial charge in [-0.25, -0.2) is 4.98 Å². The minimum absolute atomic E-state index is 0.0471. The van der Waals surface area contributed by atoms with Gasteiger partial charge in [-0.05, 0) is 18.6 Å². The Balaban J connectivity index is 2.07. The average molecular weight is 297 g/mol. The van der Waals surface area contributed by atoms with Crippen molar-refractivity contribution in [2.45, 2.75) is 25.6 Å². The molecule has 7 heteroatoms. The zero-order valence-corrected chi connectivity index (χ0v) is 11.2. The van der Waals surface area contributed by atoms with E-state index in [1.54, 1.807) is 13.1 Å². The van der Waals surface area contributed by atoms with E-state index in [0.717, 1.165) is 6.07 Å². The molecule has 112 valence electrons. The van der Waals surface area contributed by atoms with E-state index in [2.05, 4.69) is 15.3 Å². The molecule has 2 N–H and O–H groups in total. The Morgan fingerprint density at radius 3 is 2.71 bits per heavy atom. The van der Waals surface area contributed by atoms with Crippen LogP contribution in [0.4, 0.5) is 13.2 Å². The van der Waals surface area contributed by atoms with Gasteiger partial charge in [-0.15, -0.1) is 0 Å². The average Bonchev–Trinajstić information content (AvgIpc) is 2.91. The molecular weight excluding hydrogens is 283 g/mol. The Kier molecular flexibility index (Phi) is 4.30. The van der Waals surface area contributed by atoms with Crippen LogP contribution < -0.4 is 5.32 Å². The van der Waals surface area contributed by atoms with Gasteiger partial charge in [0, 0.05) is 12.4 Å². The van der Waals surface area contributed by atoms with Crippen molar-refractivity contribution in [2.75, 3.05) is 0 Å². The summed E-state index contributed by atoms with van der Waals surface area (Å²) in [5.41, 5.74) is -0.833. The zero-order chi connectivity index (χ0) is 15.5. The number of amides is 1. The second kappa shape index (κ2) is 5.99. The topological polar surface area (TPSA) is 57.8 Å². The molecule has 0 bridgehead atoms. The predicted molar refractivity (Wildman–Crippen MR) is 70.3 cm³/mol. The first kappa shape index (κ1) is 15.1. The maximum Gasteiger partial charge on any atom is 0.416 e. The van der Waals surface area contributed by atoms with Crippen LogP contribution in [0, 0.1) is 0 Å². The monoisotopic (exact) mass is 297 g/mol. The van der Waals surface area contributed by atoms with Crippen molar-refractivity contribution < 1.29 is 18.0 Å². The molecule has 0 aliphatic carbocycles. The number of imidazole rings is 1. The molecule has 4 nitrogen and oxygen atoms in total. The highest BCUT2D eigenvalue weighted by molar-refractivity contribution is 5.79. The summed E-state index contributed by atoms with van der Waals surface area (Å²) in [4.78, 5) is 18.7. The lowest BCUT2D eigenvalue weighted by Crippen LogP contribution is -2.29. The largest absolute Gasteiger partial charge is 0.416 e. The number of alkyl halides is 3.